The van der Waals surface area contributed by atoms with E-state index in [0.29, 0.717) is 12.0 Å². The zero-order chi connectivity index (χ0) is 14.9. The maximum atomic E-state index is 11.7. The first-order chi connectivity index (χ1) is 9.29. The van der Waals surface area contributed by atoms with Gasteiger partial charge >= 0.3 is 0 Å². The van der Waals surface area contributed by atoms with Gasteiger partial charge in [0.2, 0.25) is 10.0 Å². The molecule has 0 bridgehead atoms. The molecule has 0 aliphatic carbocycles. The van der Waals surface area contributed by atoms with Crippen LogP contribution < -0.4 is 5.14 Å². The molecule has 0 unspecified atom stereocenters. The van der Waals surface area contributed by atoms with E-state index in [2.05, 4.69) is 0 Å². The fourth-order valence-corrected chi connectivity index (χ4v) is 2.45. The number of imide groups is 1. The second-order valence-electron chi connectivity index (χ2n) is 4.56. The molecule has 1 heterocycles. The third-order valence-electron chi connectivity index (χ3n) is 3.06. The molecule has 6 nitrogen and oxygen atoms in total. The summed E-state index contributed by atoms with van der Waals surface area (Å²) in [4.78, 5) is 24.4. The zero-order valence-electron chi connectivity index (χ0n) is 10.9. The Hall–Kier alpha value is -1.99. The Kier molecular flexibility index (Phi) is 3.74. The lowest BCUT2D eigenvalue weighted by molar-refractivity contribution is -0.137. The Balaban J connectivity index is 2.02. The van der Waals surface area contributed by atoms with Crippen LogP contribution in [0.5, 0.6) is 0 Å². The second kappa shape index (κ2) is 5.18. The molecule has 0 atom stereocenters. The molecule has 2 rings (SSSR count). The molecular formula is C13H14N2O4S. The molecule has 0 fully saturated rings. The first-order valence-electron chi connectivity index (χ1n) is 5.95. The molecule has 1 aromatic rings. The zero-order valence-corrected chi connectivity index (χ0v) is 11.7. The number of nitrogens with zero attached hydrogens (tertiary/aromatic N) is 1. The van der Waals surface area contributed by atoms with Gasteiger partial charge in [-0.2, -0.15) is 0 Å². The minimum atomic E-state index is -3.70. The number of carbonyl (C=O) groups is 2. The molecule has 0 aromatic heterocycles. The van der Waals surface area contributed by atoms with Crippen LogP contribution >= 0.6 is 0 Å². The van der Waals surface area contributed by atoms with Gasteiger partial charge in [0.1, 0.15) is 0 Å². The number of hydrogen-bond donors (Lipinski definition) is 1. The van der Waals surface area contributed by atoms with Gasteiger partial charge in [0.25, 0.3) is 11.8 Å². The van der Waals surface area contributed by atoms with Gasteiger partial charge in [0.05, 0.1) is 4.90 Å². The van der Waals surface area contributed by atoms with Gasteiger partial charge in [-0.05, 0) is 31.0 Å². The molecule has 2 amide bonds. The molecule has 0 spiro atoms. The van der Waals surface area contributed by atoms with E-state index in [4.69, 9.17) is 5.14 Å². The molecule has 20 heavy (non-hydrogen) atoms. The van der Waals surface area contributed by atoms with Crippen LogP contribution in [0.1, 0.15) is 12.5 Å². The van der Waals surface area contributed by atoms with E-state index in [1.54, 1.807) is 19.1 Å². The van der Waals surface area contributed by atoms with E-state index in [0.717, 1.165) is 5.56 Å². The Bertz CT molecular complexity index is 690. The number of rotatable bonds is 4. The van der Waals surface area contributed by atoms with Gasteiger partial charge in [-0.1, -0.05) is 12.1 Å². The number of hydrogen-bond acceptors (Lipinski definition) is 4. The van der Waals surface area contributed by atoms with Crippen LogP contribution in [0.2, 0.25) is 0 Å². The quantitative estimate of drug-likeness (QED) is 0.802. The van der Waals surface area contributed by atoms with Crippen LogP contribution in [-0.2, 0) is 26.0 Å². The summed E-state index contributed by atoms with van der Waals surface area (Å²) < 4.78 is 22.2. The van der Waals surface area contributed by atoms with Crippen molar-refractivity contribution in [2.24, 2.45) is 5.14 Å². The van der Waals surface area contributed by atoms with Crippen molar-refractivity contribution in [2.75, 3.05) is 6.54 Å². The molecule has 0 saturated carbocycles. The molecule has 0 saturated heterocycles. The van der Waals surface area contributed by atoms with Crippen LogP contribution in [0, 0.1) is 0 Å². The molecule has 106 valence electrons. The monoisotopic (exact) mass is 294 g/mol. The number of primary sulfonamides is 1. The summed E-state index contributed by atoms with van der Waals surface area (Å²) in [6, 6.07) is 6.04. The average molecular weight is 294 g/mol. The lowest BCUT2D eigenvalue weighted by atomic mass is 10.1. The second-order valence-corrected chi connectivity index (χ2v) is 6.12. The summed E-state index contributed by atoms with van der Waals surface area (Å²) in [5.74, 6) is -0.593. The van der Waals surface area contributed by atoms with Crippen molar-refractivity contribution >= 4 is 21.8 Å². The summed E-state index contributed by atoms with van der Waals surface area (Å²) in [6.07, 6.45) is 1.77. The lowest BCUT2D eigenvalue weighted by Gasteiger charge is -2.14. The van der Waals surface area contributed by atoms with Crippen LogP contribution in [0.4, 0.5) is 0 Å². The molecular weight excluding hydrogens is 280 g/mol. The average Bonchev–Trinajstić information content (AvgIpc) is 2.61. The summed E-state index contributed by atoms with van der Waals surface area (Å²) in [7, 11) is -3.70. The standard InChI is InChI=1S/C13H14N2O4S/c1-9-8-12(16)15(13(9)17)7-6-10-2-4-11(5-3-10)20(14,18)19/h2-5,8H,6-7H2,1H3,(H2,14,18,19). The Morgan fingerprint density at radius 2 is 1.75 bits per heavy atom. The van der Waals surface area contributed by atoms with Gasteiger partial charge in [0, 0.05) is 18.2 Å². The van der Waals surface area contributed by atoms with Crippen molar-refractivity contribution in [3.05, 3.63) is 41.5 Å². The van der Waals surface area contributed by atoms with Crippen molar-refractivity contribution in [1.82, 2.24) is 4.90 Å². The van der Waals surface area contributed by atoms with E-state index < -0.39 is 10.0 Å². The number of carbonyl (C=O) groups excluding carboxylic acids is 2. The van der Waals surface area contributed by atoms with Gasteiger partial charge in [0.15, 0.2) is 0 Å². The Morgan fingerprint density at radius 1 is 1.15 bits per heavy atom. The highest BCUT2D eigenvalue weighted by Gasteiger charge is 2.27. The van der Waals surface area contributed by atoms with Crippen molar-refractivity contribution in [3.8, 4) is 0 Å². The first-order valence-corrected chi connectivity index (χ1v) is 7.49. The number of nitrogens with two attached hydrogens (primary N) is 1. The topological polar surface area (TPSA) is 97.5 Å². The van der Waals surface area contributed by atoms with Crippen LogP contribution in [-0.4, -0.2) is 31.7 Å². The Morgan fingerprint density at radius 3 is 2.20 bits per heavy atom. The normalized spacial score (nSPS) is 15.7. The maximum absolute atomic E-state index is 11.7. The molecule has 1 aromatic carbocycles. The minimum absolute atomic E-state index is 0.0343. The minimum Gasteiger partial charge on any atom is -0.275 e. The highest BCUT2D eigenvalue weighted by molar-refractivity contribution is 7.89. The van der Waals surface area contributed by atoms with Gasteiger partial charge in [-0.15, -0.1) is 0 Å². The predicted molar refractivity (Wildman–Crippen MR) is 72.0 cm³/mol. The van der Waals surface area contributed by atoms with E-state index in [-0.39, 0.29) is 23.3 Å². The fraction of sp³-hybridized carbons (Fsp3) is 0.231. The number of benzene rings is 1. The number of amides is 2. The third kappa shape index (κ3) is 2.94. The summed E-state index contributed by atoms with van der Waals surface area (Å²) in [6.45, 7) is 1.86. The highest BCUT2D eigenvalue weighted by atomic mass is 32.2. The van der Waals surface area contributed by atoms with E-state index in [1.807, 2.05) is 0 Å². The van der Waals surface area contributed by atoms with Crippen LogP contribution in [0.15, 0.2) is 40.8 Å². The van der Waals surface area contributed by atoms with Crippen molar-refractivity contribution in [3.63, 3.8) is 0 Å². The van der Waals surface area contributed by atoms with Gasteiger partial charge < -0.3 is 0 Å². The third-order valence-corrected chi connectivity index (χ3v) is 3.99. The summed E-state index contributed by atoms with van der Waals surface area (Å²) in [5, 5.41) is 5.00. The molecule has 1 aliphatic rings. The van der Waals surface area contributed by atoms with Gasteiger partial charge in [-0.25, -0.2) is 13.6 Å². The highest BCUT2D eigenvalue weighted by Crippen LogP contribution is 2.14. The SMILES string of the molecule is CC1=CC(=O)N(CCc2ccc(S(N)(=O)=O)cc2)C1=O. The molecule has 1 aliphatic heterocycles. The van der Waals surface area contributed by atoms with Crippen LogP contribution in [0.3, 0.4) is 0 Å². The van der Waals surface area contributed by atoms with Crippen molar-refractivity contribution in [2.45, 2.75) is 18.2 Å². The fourth-order valence-electron chi connectivity index (χ4n) is 1.94. The smallest absolute Gasteiger partial charge is 0.256 e. The number of sulfonamides is 1. The molecule has 2 N–H and O–H groups in total. The van der Waals surface area contributed by atoms with Crippen LogP contribution in [0.25, 0.3) is 0 Å². The van der Waals surface area contributed by atoms with Crippen molar-refractivity contribution < 1.29 is 18.0 Å². The van der Waals surface area contributed by atoms with E-state index in [1.165, 1.54) is 23.1 Å². The Labute approximate surface area is 116 Å². The van der Waals surface area contributed by atoms with Crippen molar-refractivity contribution in [1.29, 1.82) is 0 Å². The van der Waals surface area contributed by atoms with E-state index in [9.17, 15) is 18.0 Å². The first kappa shape index (κ1) is 14.4. The molecule has 0 radical (unpaired) electrons. The lowest BCUT2D eigenvalue weighted by Crippen LogP contribution is -2.32. The maximum Gasteiger partial charge on any atom is 0.256 e. The summed E-state index contributed by atoms with van der Waals surface area (Å²) in [5.41, 5.74) is 1.25. The van der Waals surface area contributed by atoms with Gasteiger partial charge in [-0.3, -0.25) is 14.5 Å². The predicted octanol–water partition coefficient (Wildman–Crippen LogP) is 0.192. The largest absolute Gasteiger partial charge is 0.275 e. The summed E-state index contributed by atoms with van der Waals surface area (Å²) >= 11 is 0. The molecule has 7 heteroatoms. The van der Waals surface area contributed by atoms with E-state index >= 15 is 0 Å².